The van der Waals surface area contributed by atoms with E-state index < -0.39 is 0 Å². The smallest absolute Gasteiger partial charge is 0.0578 e. The molecule has 1 atom stereocenters. The van der Waals surface area contributed by atoms with Gasteiger partial charge in [0, 0.05) is 27.3 Å². The first-order chi connectivity index (χ1) is 8.72. The van der Waals surface area contributed by atoms with Crippen LogP contribution in [0.4, 0.5) is 0 Å². The SMILES string of the molecule is CCCNC(C)c1cccn1Cc1sccc1Br. The van der Waals surface area contributed by atoms with Crippen LogP contribution in [0.15, 0.2) is 34.2 Å². The van der Waals surface area contributed by atoms with Gasteiger partial charge in [-0.2, -0.15) is 0 Å². The molecule has 0 fully saturated rings. The van der Waals surface area contributed by atoms with Crippen molar-refractivity contribution in [1.82, 2.24) is 9.88 Å². The fourth-order valence-electron chi connectivity index (χ4n) is 2.02. The predicted molar refractivity (Wildman–Crippen MR) is 82.3 cm³/mol. The molecule has 98 valence electrons. The normalized spacial score (nSPS) is 12.8. The highest BCUT2D eigenvalue weighted by Gasteiger charge is 2.10. The van der Waals surface area contributed by atoms with E-state index in [1.165, 1.54) is 21.5 Å². The topological polar surface area (TPSA) is 17.0 Å². The van der Waals surface area contributed by atoms with Gasteiger partial charge in [-0.1, -0.05) is 6.92 Å². The Hall–Kier alpha value is -0.580. The van der Waals surface area contributed by atoms with Crippen molar-refractivity contribution in [2.45, 2.75) is 32.9 Å². The number of halogens is 1. The van der Waals surface area contributed by atoms with Gasteiger partial charge >= 0.3 is 0 Å². The molecule has 0 saturated heterocycles. The van der Waals surface area contributed by atoms with E-state index in [0.29, 0.717) is 6.04 Å². The number of thiophene rings is 1. The van der Waals surface area contributed by atoms with Crippen molar-refractivity contribution < 1.29 is 0 Å². The highest BCUT2D eigenvalue weighted by Crippen LogP contribution is 2.25. The Kier molecular flexibility index (Phi) is 5.03. The number of hydrogen-bond acceptors (Lipinski definition) is 2. The van der Waals surface area contributed by atoms with Gasteiger partial charge in [-0.15, -0.1) is 11.3 Å². The summed E-state index contributed by atoms with van der Waals surface area (Å²) in [6, 6.07) is 6.84. The summed E-state index contributed by atoms with van der Waals surface area (Å²) in [5.41, 5.74) is 1.35. The summed E-state index contributed by atoms with van der Waals surface area (Å²) >= 11 is 5.39. The van der Waals surface area contributed by atoms with Crippen molar-refractivity contribution >= 4 is 27.3 Å². The first-order valence-corrected chi connectivity index (χ1v) is 8.00. The minimum absolute atomic E-state index is 0.402. The molecule has 0 aliphatic rings. The van der Waals surface area contributed by atoms with Crippen molar-refractivity contribution in [1.29, 1.82) is 0 Å². The molecule has 0 bridgehead atoms. The van der Waals surface area contributed by atoms with Crippen molar-refractivity contribution in [2.24, 2.45) is 0 Å². The van der Waals surface area contributed by atoms with Gasteiger partial charge in [-0.3, -0.25) is 0 Å². The first-order valence-electron chi connectivity index (χ1n) is 6.32. The van der Waals surface area contributed by atoms with Gasteiger partial charge in [0.2, 0.25) is 0 Å². The molecule has 0 amide bonds. The molecule has 2 nitrogen and oxygen atoms in total. The Morgan fingerprint density at radius 1 is 1.44 bits per heavy atom. The Morgan fingerprint density at radius 3 is 2.94 bits per heavy atom. The molecule has 0 aromatic carbocycles. The molecule has 0 saturated carbocycles. The molecule has 1 unspecified atom stereocenters. The molecule has 2 aromatic heterocycles. The Labute approximate surface area is 121 Å². The Morgan fingerprint density at radius 2 is 2.28 bits per heavy atom. The van der Waals surface area contributed by atoms with Gasteiger partial charge in [0.15, 0.2) is 0 Å². The van der Waals surface area contributed by atoms with Crippen molar-refractivity contribution in [3.63, 3.8) is 0 Å². The van der Waals surface area contributed by atoms with Crippen molar-refractivity contribution in [3.05, 3.63) is 44.8 Å². The average molecular weight is 327 g/mol. The van der Waals surface area contributed by atoms with Crippen molar-refractivity contribution in [3.8, 4) is 0 Å². The molecule has 2 rings (SSSR count). The van der Waals surface area contributed by atoms with Gasteiger partial charge in [0.25, 0.3) is 0 Å². The van der Waals surface area contributed by atoms with Crippen LogP contribution in [0.1, 0.15) is 36.9 Å². The van der Waals surface area contributed by atoms with Crippen LogP contribution in [-0.4, -0.2) is 11.1 Å². The lowest BCUT2D eigenvalue weighted by Gasteiger charge is -2.16. The van der Waals surface area contributed by atoms with Gasteiger partial charge in [0.1, 0.15) is 0 Å². The number of aromatic nitrogens is 1. The van der Waals surface area contributed by atoms with E-state index >= 15 is 0 Å². The van der Waals surface area contributed by atoms with E-state index in [2.05, 4.69) is 69.4 Å². The number of nitrogens with one attached hydrogen (secondary N) is 1. The Bertz CT molecular complexity index is 489. The molecular formula is C14H19BrN2S. The average Bonchev–Trinajstić information content (AvgIpc) is 2.97. The van der Waals surface area contributed by atoms with E-state index in [-0.39, 0.29) is 0 Å². The number of nitrogens with zero attached hydrogens (tertiary/aromatic N) is 1. The van der Waals surface area contributed by atoms with Crippen LogP contribution in [0.3, 0.4) is 0 Å². The lowest BCUT2D eigenvalue weighted by Crippen LogP contribution is -2.22. The third-order valence-corrected chi connectivity index (χ3v) is 4.92. The fraction of sp³-hybridized carbons (Fsp3) is 0.429. The number of rotatable bonds is 6. The monoisotopic (exact) mass is 326 g/mol. The summed E-state index contributed by atoms with van der Waals surface area (Å²) in [4.78, 5) is 1.37. The molecule has 0 spiro atoms. The summed E-state index contributed by atoms with van der Waals surface area (Å²) in [6.07, 6.45) is 3.33. The minimum atomic E-state index is 0.402. The van der Waals surface area contributed by atoms with Crippen LogP contribution < -0.4 is 5.32 Å². The zero-order valence-corrected chi connectivity index (χ0v) is 13.2. The predicted octanol–water partition coefficient (Wildman–Crippen LogP) is 4.42. The maximum absolute atomic E-state index is 3.60. The highest BCUT2D eigenvalue weighted by atomic mass is 79.9. The summed E-state index contributed by atoms with van der Waals surface area (Å²) < 4.78 is 3.53. The summed E-state index contributed by atoms with van der Waals surface area (Å²) in [6.45, 7) is 6.43. The molecule has 2 heterocycles. The summed E-state index contributed by atoms with van der Waals surface area (Å²) in [7, 11) is 0. The zero-order chi connectivity index (χ0) is 13.0. The van der Waals surface area contributed by atoms with E-state index in [1.807, 2.05) is 0 Å². The van der Waals surface area contributed by atoms with Crippen LogP contribution in [-0.2, 0) is 6.54 Å². The first kappa shape index (κ1) is 13.8. The number of hydrogen-bond donors (Lipinski definition) is 1. The molecule has 0 radical (unpaired) electrons. The second-order valence-electron chi connectivity index (χ2n) is 4.43. The summed E-state index contributed by atoms with van der Waals surface area (Å²) in [5, 5.41) is 5.67. The summed E-state index contributed by atoms with van der Waals surface area (Å²) in [5.74, 6) is 0. The molecule has 0 aliphatic carbocycles. The highest BCUT2D eigenvalue weighted by molar-refractivity contribution is 9.10. The van der Waals surface area contributed by atoms with Crippen LogP contribution in [0.2, 0.25) is 0 Å². The van der Waals surface area contributed by atoms with Gasteiger partial charge in [0.05, 0.1) is 6.54 Å². The van der Waals surface area contributed by atoms with Crippen LogP contribution in [0.5, 0.6) is 0 Å². The standard InChI is InChI=1S/C14H19BrN2S/c1-3-7-16-11(2)13-5-4-8-17(13)10-14-12(15)6-9-18-14/h4-6,8-9,11,16H,3,7,10H2,1-2H3. The molecule has 4 heteroatoms. The lowest BCUT2D eigenvalue weighted by molar-refractivity contribution is 0.535. The fourth-order valence-corrected chi connectivity index (χ4v) is 3.50. The van der Waals surface area contributed by atoms with Crippen molar-refractivity contribution in [2.75, 3.05) is 6.54 Å². The quantitative estimate of drug-likeness (QED) is 0.831. The van der Waals surface area contributed by atoms with Gasteiger partial charge < -0.3 is 9.88 Å². The second-order valence-corrected chi connectivity index (χ2v) is 6.28. The lowest BCUT2D eigenvalue weighted by atomic mass is 10.2. The zero-order valence-electron chi connectivity index (χ0n) is 10.8. The maximum Gasteiger partial charge on any atom is 0.0578 e. The van der Waals surface area contributed by atoms with E-state index in [4.69, 9.17) is 0 Å². The second kappa shape index (κ2) is 6.55. The van der Waals surface area contributed by atoms with Crippen LogP contribution >= 0.6 is 27.3 Å². The van der Waals surface area contributed by atoms with E-state index in [1.54, 1.807) is 11.3 Å². The molecule has 0 aliphatic heterocycles. The van der Waals surface area contributed by atoms with Crippen LogP contribution in [0.25, 0.3) is 0 Å². The van der Waals surface area contributed by atoms with Gasteiger partial charge in [-0.05, 0) is 59.4 Å². The Balaban J connectivity index is 2.10. The molecule has 18 heavy (non-hydrogen) atoms. The van der Waals surface area contributed by atoms with Gasteiger partial charge in [-0.25, -0.2) is 0 Å². The minimum Gasteiger partial charge on any atom is -0.345 e. The van der Waals surface area contributed by atoms with E-state index in [0.717, 1.165) is 13.1 Å². The largest absolute Gasteiger partial charge is 0.345 e. The molecule has 1 N–H and O–H groups in total. The molecular weight excluding hydrogens is 308 g/mol. The maximum atomic E-state index is 3.60. The third-order valence-electron chi connectivity index (χ3n) is 3.01. The third kappa shape index (κ3) is 3.25. The van der Waals surface area contributed by atoms with E-state index in [9.17, 15) is 0 Å². The molecule has 2 aromatic rings. The van der Waals surface area contributed by atoms with Crippen LogP contribution in [0, 0.1) is 0 Å².